The largest absolute Gasteiger partial charge is 0.325 e. The molecule has 2 aromatic rings. The van der Waals surface area contributed by atoms with E-state index >= 15 is 0 Å². The second-order valence-corrected chi connectivity index (χ2v) is 5.32. The van der Waals surface area contributed by atoms with Crippen LogP contribution in [0.1, 0.15) is 19.4 Å². The van der Waals surface area contributed by atoms with Gasteiger partial charge in [0.05, 0.1) is 0 Å². The van der Waals surface area contributed by atoms with E-state index in [0.717, 1.165) is 16.6 Å². The number of aromatic nitrogens is 3. The minimum atomic E-state index is 0.671. The summed E-state index contributed by atoms with van der Waals surface area (Å²) in [7, 11) is 0. The zero-order chi connectivity index (χ0) is 13.7. The highest BCUT2D eigenvalue weighted by Gasteiger charge is 2.04. The number of benzene rings is 1. The van der Waals surface area contributed by atoms with E-state index in [4.69, 9.17) is 0 Å². The van der Waals surface area contributed by atoms with Crippen LogP contribution in [0.3, 0.4) is 0 Å². The highest BCUT2D eigenvalue weighted by atomic mass is 32.2. The van der Waals surface area contributed by atoms with Crippen LogP contribution in [-0.2, 0) is 0 Å². The third-order valence-electron chi connectivity index (χ3n) is 2.70. The lowest BCUT2D eigenvalue weighted by Gasteiger charge is -2.01. The van der Waals surface area contributed by atoms with Crippen molar-refractivity contribution in [3.8, 4) is 0 Å². The van der Waals surface area contributed by atoms with Gasteiger partial charge in [-0.15, -0.1) is 5.10 Å². The standard InChI is InChI=1S/C14H18N4S/c1-4-10(2)9-19-14-16-13(17-18-14)15-12-7-5-11(3)6-8-12/h4-8H,9H2,1-3H3,(H2,15,16,17,18)/b10-4-. The molecule has 0 fully saturated rings. The maximum atomic E-state index is 4.39. The van der Waals surface area contributed by atoms with E-state index in [9.17, 15) is 0 Å². The first-order valence-electron chi connectivity index (χ1n) is 6.18. The molecule has 1 heterocycles. The molecule has 0 radical (unpaired) electrons. The fourth-order valence-electron chi connectivity index (χ4n) is 1.40. The maximum Gasteiger partial charge on any atom is 0.223 e. The van der Waals surface area contributed by atoms with Crippen LogP contribution < -0.4 is 5.32 Å². The Hall–Kier alpha value is -1.75. The molecule has 0 saturated carbocycles. The number of hydrogen-bond acceptors (Lipinski definition) is 4. The molecule has 100 valence electrons. The first kappa shape index (κ1) is 13.7. The van der Waals surface area contributed by atoms with Gasteiger partial charge >= 0.3 is 0 Å². The van der Waals surface area contributed by atoms with Crippen molar-refractivity contribution in [2.45, 2.75) is 25.9 Å². The lowest BCUT2D eigenvalue weighted by atomic mass is 10.2. The van der Waals surface area contributed by atoms with Crippen LogP contribution in [0.2, 0.25) is 0 Å². The van der Waals surface area contributed by atoms with Gasteiger partial charge in [0.15, 0.2) is 0 Å². The molecule has 2 N–H and O–H groups in total. The van der Waals surface area contributed by atoms with Crippen molar-refractivity contribution < 1.29 is 0 Å². The summed E-state index contributed by atoms with van der Waals surface area (Å²) < 4.78 is 0. The number of aromatic amines is 1. The van der Waals surface area contributed by atoms with Gasteiger partial charge in [0.25, 0.3) is 0 Å². The molecule has 0 amide bonds. The molecule has 0 spiro atoms. The van der Waals surface area contributed by atoms with Crippen molar-refractivity contribution in [3.63, 3.8) is 0 Å². The van der Waals surface area contributed by atoms with Crippen LogP contribution in [0.15, 0.2) is 41.1 Å². The molecule has 0 saturated heterocycles. The molecule has 4 nitrogen and oxygen atoms in total. The van der Waals surface area contributed by atoms with Crippen molar-refractivity contribution >= 4 is 23.4 Å². The van der Waals surface area contributed by atoms with E-state index in [1.165, 1.54) is 11.1 Å². The number of allylic oxidation sites excluding steroid dienone is 1. The van der Waals surface area contributed by atoms with Gasteiger partial charge in [-0.05, 0) is 32.9 Å². The number of nitrogens with zero attached hydrogens (tertiary/aromatic N) is 2. The van der Waals surface area contributed by atoms with Crippen LogP contribution in [0, 0.1) is 6.92 Å². The fraction of sp³-hybridized carbons (Fsp3) is 0.286. The summed E-state index contributed by atoms with van der Waals surface area (Å²) >= 11 is 1.63. The molecule has 0 bridgehead atoms. The van der Waals surface area contributed by atoms with Crippen LogP contribution in [0.4, 0.5) is 11.6 Å². The van der Waals surface area contributed by atoms with Crippen LogP contribution in [0.5, 0.6) is 0 Å². The molecule has 0 unspecified atom stereocenters. The zero-order valence-electron chi connectivity index (χ0n) is 11.4. The molecule has 0 aliphatic carbocycles. The molecule has 0 atom stereocenters. The topological polar surface area (TPSA) is 53.6 Å². The second kappa shape index (κ2) is 6.43. The highest BCUT2D eigenvalue weighted by Crippen LogP contribution is 2.19. The van der Waals surface area contributed by atoms with Gasteiger partial charge in [-0.2, -0.15) is 4.98 Å². The molecular weight excluding hydrogens is 256 g/mol. The Bertz CT molecular complexity index is 557. The Morgan fingerprint density at radius 1 is 1.37 bits per heavy atom. The van der Waals surface area contributed by atoms with Gasteiger partial charge < -0.3 is 5.32 Å². The summed E-state index contributed by atoms with van der Waals surface area (Å²) in [4.78, 5) is 4.39. The van der Waals surface area contributed by atoms with Gasteiger partial charge in [-0.1, -0.05) is 41.1 Å². The second-order valence-electron chi connectivity index (χ2n) is 4.38. The Labute approximate surface area is 117 Å². The minimum absolute atomic E-state index is 0.671. The average Bonchev–Trinajstić information content (AvgIpc) is 2.86. The van der Waals surface area contributed by atoms with E-state index in [1.807, 2.05) is 19.1 Å². The van der Waals surface area contributed by atoms with Gasteiger partial charge in [0.2, 0.25) is 11.1 Å². The number of anilines is 2. The molecule has 1 aromatic carbocycles. The Morgan fingerprint density at radius 2 is 2.11 bits per heavy atom. The molecule has 1 aromatic heterocycles. The summed E-state index contributed by atoms with van der Waals surface area (Å²) in [5.41, 5.74) is 3.56. The molecule has 0 aliphatic heterocycles. The first-order chi connectivity index (χ1) is 9.17. The summed E-state index contributed by atoms with van der Waals surface area (Å²) in [6, 6.07) is 8.16. The van der Waals surface area contributed by atoms with E-state index < -0.39 is 0 Å². The van der Waals surface area contributed by atoms with E-state index in [0.29, 0.717) is 5.95 Å². The number of H-pyrrole nitrogens is 1. The van der Waals surface area contributed by atoms with Crippen LogP contribution in [-0.4, -0.2) is 20.9 Å². The summed E-state index contributed by atoms with van der Waals surface area (Å²) in [5.74, 6) is 1.59. The van der Waals surface area contributed by atoms with Gasteiger partial charge in [0.1, 0.15) is 0 Å². The number of nitrogens with one attached hydrogen (secondary N) is 2. The Balaban J connectivity index is 1.95. The number of hydrogen-bond donors (Lipinski definition) is 2. The quantitative estimate of drug-likeness (QED) is 0.641. The fourth-order valence-corrected chi connectivity index (χ4v) is 2.19. The predicted molar refractivity (Wildman–Crippen MR) is 81.0 cm³/mol. The summed E-state index contributed by atoms with van der Waals surface area (Å²) in [5, 5.41) is 11.0. The zero-order valence-corrected chi connectivity index (χ0v) is 12.2. The van der Waals surface area contributed by atoms with Crippen molar-refractivity contribution in [1.82, 2.24) is 15.2 Å². The first-order valence-corrected chi connectivity index (χ1v) is 7.16. The summed E-state index contributed by atoms with van der Waals surface area (Å²) in [6.45, 7) is 6.21. The van der Waals surface area contributed by atoms with Gasteiger partial charge in [-0.3, -0.25) is 0 Å². The van der Waals surface area contributed by atoms with Crippen LogP contribution >= 0.6 is 11.8 Å². The van der Waals surface area contributed by atoms with Crippen molar-refractivity contribution in [1.29, 1.82) is 0 Å². The highest BCUT2D eigenvalue weighted by molar-refractivity contribution is 7.99. The number of thioether (sulfide) groups is 1. The molecular formula is C14H18N4S. The van der Waals surface area contributed by atoms with Crippen molar-refractivity contribution in [2.24, 2.45) is 0 Å². The molecule has 0 aliphatic rings. The van der Waals surface area contributed by atoms with E-state index in [1.54, 1.807) is 11.8 Å². The Morgan fingerprint density at radius 3 is 2.79 bits per heavy atom. The van der Waals surface area contributed by atoms with E-state index in [-0.39, 0.29) is 0 Å². The maximum absolute atomic E-state index is 4.39. The Kier molecular flexibility index (Phi) is 4.63. The van der Waals surface area contributed by atoms with Gasteiger partial charge in [0, 0.05) is 11.4 Å². The van der Waals surface area contributed by atoms with Crippen molar-refractivity contribution in [3.05, 3.63) is 41.5 Å². The molecule has 2 rings (SSSR count). The van der Waals surface area contributed by atoms with Crippen molar-refractivity contribution in [2.75, 3.05) is 11.1 Å². The summed E-state index contributed by atoms with van der Waals surface area (Å²) in [6.07, 6.45) is 2.10. The van der Waals surface area contributed by atoms with E-state index in [2.05, 4.69) is 52.6 Å². The SMILES string of the molecule is C/C=C(/C)CSc1n[nH]c(Nc2ccc(C)cc2)n1. The third-order valence-corrected chi connectivity index (χ3v) is 3.74. The van der Waals surface area contributed by atoms with Crippen LogP contribution in [0.25, 0.3) is 0 Å². The molecule has 19 heavy (non-hydrogen) atoms. The normalized spacial score (nSPS) is 11.6. The smallest absolute Gasteiger partial charge is 0.223 e. The predicted octanol–water partition coefficient (Wildman–Crippen LogP) is 3.92. The van der Waals surface area contributed by atoms with Gasteiger partial charge in [-0.25, -0.2) is 5.10 Å². The molecule has 5 heteroatoms. The number of aryl methyl sites for hydroxylation is 1. The monoisotopic (exact) mass is 274 g/mol. The lowest BCUT2D eigenvalue weighted by molar-refractivity contribution is 0.974. The lowest BCUT2D eigenvalue weighted by Crippen LogP contribution is -1.92. The minimum Gasteiger partial charge on any atom is -0.325 e. The third kappa shape index (κ3) is 4.13. The number of rotatable bonds is 5. The average molecular weight is 274 g/mol.